The number of primary amides is 1. The zero-order chi connectivity index (χ0) is 20.8. The molecule has 0 spiro atoms. The van der Waals surface area contributed by atoms with Gasteiger partial charge in [0.05, 0.1) is 18.6 Å². The highest BCUT2D eigenvalue weighted by Crippen LogP contribution is 2.27. The van der Waals surface area contributed by atoms with Gasteiger partial charge in [0.25, 0.3) is 0 Å². The van der Waals surface area contributed by atoms with E-state index >= 15 is 0 Å². The molecule has 0 unspecified atom stereocenters. The summed E-state index contributed by atoms with van der Waals surface area (Å²) in [5.41, 5.74) is 5.12. The van der Waals surface area contributed by atoms with Crippen molar-refractivity contribution in [3.8, 4) is 5.75 Å². The van der Waals surface area contributed by atoms with Gasteiger partial charge in [-0.05, 0) is 18.2 Å². The molecule has 8 nitrogen and oxygen atoms in total. The molecular weight excluding hydrogens is 391 g/mol. The molecule has 0 saturated heterocycles. The zero-order valence-corrected chi connectivity index (χ0v) is 15.5. The highest BCUT2D eigenvalue weighted by atomic mass is 32.2. The molecule has 0 aromatic heterocycles. The summed E-state index contributed by atoms with van der Waals surface area (Å²) >= 11 is 0. The summed E-state index contributed by atoms with van der Waals surface area (Å²) in [6, 6.07) is 3.37. The lowest BCUT2D eigenvalue weighted by molar-refractivity contribution is -0.138. The van der Waals surface area contributed by atoms with Crippen LogP contribution >= 0.6 is 0 Å². The molecule has 1 rings (SSSR count). The zero-order valence-electron chi connectivity index (χ0n) is 14.7. The van der Waals surface area contributed by atoms with Gasteiger partial charge in [0.1, 0.15) is 12.3 Å². The number of hydrogen-bond acceptors (Lipinski definition) is 5. The van der Waals surface area contributed by atoms with Gasteiger partial charge in [-0.1, -0.05) is 6.92 Å². The molecule has 0 radical (unpaired) electrons. The van der Waals surface area contributed by atoms with Crippen molar-refractivity contribution < 1.29 is 35.9 Å². The Morgan fingerprint density at radius 2 is 1.93 bits per heavy atom. The second-order valence-corrected chi connectivity index (χ2v) is 7.40. The number of sulfonamides is 1. The number of amides is 2. The van der Waals surface area contributed by atoms with Crippen LogP contribution in [-0.2, 0) is 26.2 Å². The van der Waals surface area contributed by atoms with Crippen LogP contribution in [0.4, 0.5) is 13.2 Å². The van der Waals surface area contributed by atoms with Crippen molar-refractivity contribution in [2.24, 2.45) is 5.73 Å². The first-order valence-electron chi connectivity index (χ1n) is 7.69. The van der Waals surface area contributed by atoms with Crippen molar-refractivity contribution in [2.75, 3.05) is 20.2 Å². The molecule has 0 aliphatic rings. The quantitative estimate of drug-likeness (QED) is 0.622. The highest BCUT2D eigenvalue weighted by molar-refractivity contribution is 7.89. The first kappa shape index (κ1) is 22.7. The Morgan fingerprint density at radius 1 is 1.30 bits per heavy atom. The second-order valence-electron chi connectivity index (χ2n) is 5.46. The number of alkyl halides is 3. The van der Waals surface area contributed by atoms with Crippen molar-refractivity contribution in [3.63, 3.8) is 0 Å². The standard InChI is InChI=1S/C15H20F3N3O5S/c1-3-14(23)20-7-10-6-11(4-5-12(10)26-2)27(24,25)21(8-13(19)22)9-15(16,17)18/h4-6H,3,7-9H2,1-2H3,(H2,19,22)(H,20,23). The molecule has 0 saturated carbocycles. The van der Waals surface area contributed by atoms with Gasteiger partial charge in [0.15, 0.2) is 0 Å². The molecule has 0 aliphatic heterocycles. The molecule has 1 aromatic carbocycles. The van der Waals surface area contributed by atoms with E-state index in [1.807, 2.05) is 0 Å². The van der Waals surface area contributed by atoms with Crippen molar-refractivity contribution in [3.05, 3.63) is 23.8 Å². The van der Waals surface area contributed by atoms with Gasteiger partial charge in [-0.2, -0.15) is 17.5 Å². The summed E-state index contributed by atoms with van der Waals surface area (Å²) in [6.45, 7) is -1.47. The third-order valence-electron chi connectivity index (χ3n) is 3.37. The van der Waals surface area contributed by atoms with Crippen molar-refractivity contribution >= 4 is 21.8 Å². The lowest BCUT2D eigenvalue weighted by Gasteiger charge is -2.22. The molecule has 0 bridgehead atoms. The Morgan fingerprint density at radius 3 is 2.41 bits per heavy atom. The number of benzene rings is 1. The molecule has 0 fully saturated rings. The monoisotopic (exact) mass is 411 g/mol. The van der Waals surface area contributed by atoms with E-state index in [0.29, 0.717) is 0 Å². The van der Waals surface area contributed by atoms with Gasteiger partial charge < -0.3 is 15.8 Å². The Bertz CT molecular complexity index is 796. The molecule has 0 heterocycles. The average Bonchev–Trinajstić information content (AvgIpc) is 2.57. The summed E-state index contributed by atoms with van der Waals surface area (Å²) in [6.07, 6.45) is -4.68. The van der Waals surface area contributed by atoms with E-state index in [-0.39, 0.29) is 34.5 Å². The number of methoxy groups -OCH3 is 1. The summed E-state index contributed by atoms with van der Waals surface area (Å²) in [5, 5.41) is 2.52. The molecular formula is C15H20F3N3O5S. The lowest BCUT2D eigenvalue weighted by atomic mass is 10.2. The maximum Gasteiger partial charge on any atom is 0.402 e. The SMILES string of the molecule is CCC(=O)NCc1cc(S(=O)(=O)N(CC(N)=O)CC(F)(F)F)ccc1OC. The largest absolute Gasteiger partial charge is 0.496 e. The molecule has 27 heavy (non-hydrogen) atoms. The first-order valence-corrected chi connectivity index (χ1v) is 9.13. The van der Waals surface area contributed by atoms with E-state index in [9.17, 15) is 31.2 Å². The van der Waals surface area contributed by atoms with Crippen molar-refractivity contribution in [2.45, 2.75) is 31.0 Å². The lowest BCUT2D eigenvalue weighted by Crippen LogP contribution is -2.43. The van der Waals surface area contributed by atoms with E-state index in [0.717, 1.165) is 12.1 Å². The number of carbonyl (C=O) groups is 2. The van der Waals surface area contributed by atoms with Crippen LogP contribution in [0.2, 0.25) is 0 Å². The number of ether oxygens (including phenoxy) is 1. The van der Waals surface area contributed by atoms with Crippen LogP contribution in [-0.4, -0.2) is 50.9 Å². The van der Waals surface area contributed by atoms with Gasteiger partial charge in [0, 0.05) is 18.5 Å². The maximum atomic E-state index is 12.7. The second kappa shape index (κ2) is 9.04. The molecule has 0 atom stereocenters. The van der Waals surface area contributed by atoms with Gasteiger partial charge in [-0.3, -0.25) is 9.59 Å². The third-order valence-corrected chi connectivity index (χ3v) is 5.16. The van der Waals surface area contributed by atoms with E-state index in [1.54, 1.807) is 6.92 Å². The predicted octanol–water partition coefficient (Wildman–Crippen LogP) is 0.760. The van der Waals surface area contributed by atoms with Gasteiger partial charge >= 0.3 is 6.18 Å². The number of nitrogens with zero attached hydrogens (tertiary/aromatic N) is 1. The van der Waals surface area contributed by atoms with Crippen LogP contribution < -0.4 is 15.8 Å². The number of nitrogens with one attached hydrogen (secondary N) is 1. The van der Waals surface area contributed by atoms with E-state index in [4.69, 9.17) is 10.5 Å². The fourth-order valence-electron chi connectivity index (χ4n) is 2.12. The summed E-state index contributed by atoms with van der Waals surface area (Å²) in [7, 11) is -3.36. The third kappa shape index (κ3) is 6.71. The molecule has 12 heteroatoms. The molecule has 1 aromatic rings. The summed E-state index contributed by atoms with van der Waals surface area (Å²) < 4.78 is 68.4. The Balaban J connectivity index is 3.29. The molecule has 0 aliphatic carbocycles. The van der Waals surface area contributed by atoms with Gasteiger partial charge in [0.2, 0.25) is 21.8 Å². The van der Waals surface area contributed by atoms with Gasteiger partial charge in [-0.15, -0.1) is 0 Å². The summed E-state index contributed by atoms with van der Waals surface area (Å²) in [5.74, 6) is -1.30. The predicted molar refractivity (Wildman–Crippen MR) is 89.1 cm³/mol. The molecule has 2 amide bonds. The Labute approximate surface area is 154 Å². The van der Waals surface area contributed by atoms with Crippen LogP contribution in [0.15, 0.2) is 23.1 Å². The molecule has 152 valence electrons. The number of hydrogen-bond donors (Lipinski definition) is 2. The minimum absolute atomic E-state index is 0.0501. The number of halogens is 3. The topological polar surface area (TPSA) is 119 Å². The highest BCUT2D eigenvalue weighted by Gasteiger charge is 2.38. The fraction of sp³-hybridized carbons (Fsp3) is 0.467. The Kier molecular flexibility index (Phi) is 7.60. The van der Waals surface area contributed by atoms with Crippen LogP contribution in [0.5, 0.6) is 5.75 Å². The van der Waals surface area contributed by atoms with E-state index in [1.165, 1.54) is 13.2 Å². The first-order chi connectivity index (χ1) is 12.4. The van der Waals surface area contributed by atoms with E-state index < -0.39 is 40.1 Å². The van der Waals surface area contributed by atoms with Crippen molar-refractivity contribution in [1.82, 2.24) is 9.62 Å². The fourth-order valence-corrected chi connectivity index (χ4v) is 3.56. The summed E-state index contributed by atoms with van der Waals surface area (Å²) in [4.78, 5) is 21.9. The van der Waals surface area contributed by atoms with Crippen molar-refractivity contribution in [1.29, 1.82) is 0 Å². The average molecular weight is 411 g/mol. The minimum Gasteiger partial charge on any atom is -0.496 e. The van der Waals surface area contributed by atoms with Crippen LogP contribution in [0.3, 0.4) is 0 Å². The van der Waals surface area contributed by atoms with Crippen LogP contribution in [0.25, 0.3) is 0 Å². The minimum atomic E-state index is -4.87. The molecule has 3 N–H and O–H groups in total. The van der Waals surface area contributed by atoms with E-state index in [2.05, 4.69) is 5.32 Å². The number of carbonyl (C=O) groups excluding carboxylic acids is 2. The van der Waals surface area contributed by atoms with Crippen LogP contribution in [0.1, 0.15) is 18.9 Å². The Hall–Kier alpha value is -2.34. The van der Waals surface area contributed by atoms with Gasteiger partial charge in [-0.25, -0.2) is 8.42 Å². The van der Waals surface area contributed by atoms with Crippen LogP contribution in [0, 0.1) is 0 Å². The number of nitrogens with two attached hydrogens (primary N) is 1. The number of rotatable bonds is 9. The maximum absolute atomic E-state index is 12.7. The smallest absolute Gasteiger partial charge is 0.402 e. The normalized spacial score (nSPS) is 12.1.